The van der Waals surface area contributed by atoms with Crippen molar-refractivity contribution in [1.82, 2.24) is 14.9 Å². The molecule has 0 bridgehead atoms. The first kappa shape index (κ1) is 29.4. The Labute approximate surface area is 258 Å². The third-order valence-electron chi connectivity index (χ3n) is 9.22. The number of Topliss-reactive ketones (excluding diaryl/α,β-unsaturated/α-hetero) is 1. The van der Waals surface area contributed by atoms with Crippen LogP contribution < -0.4 is 20.9 Å². The van der Waals surface area contributed by atoms with Gasteiger partial charge in [0.1, 0.15) is 5.82 Å². The highest BCUT2D eigenvalue weighted by molar-refractivity contribution is 6.31. The van der Waals surface area contributed by atoms with E-state index in [2.05, 4.69) is 51.1 Å². The lowest BCUT2D eigenvalue weighted by Crippen LogP contribution is -2.44. The van der Waals surface area contributed by atoms with E-state index in [1.807, 2.05) is 30.3 Å². The van der Waals surface area contributed by atoms with Gasteiger partial charge in [0, 0.05) is 67.1 Å². The van der Waals surface area contributed by atoms with E-state index in [1.165, 1.54) is 12.8 Å². The van der Waals surface area contributed by atoms with Gasteiger partial charge in [0.05, 0.1) is 6.20 Å². The summed E-state index contributed by atoms with van der Waals surface area (Å²) >= 11 is 6.52. The molecule has 2 saturated heterocycles. The average molecular weight is 602 g/mol. The van der Waals surface area contributed by atoms with Crippen LogP contribution in [0.25, 0.3) is 0 Å². The van der Waals surface area contributed by atoms with Crippen molar-refractivity contribution in [3.8, 4) is 0 Å². The minimum atomic E-state index is -0.642. The van der Waals surface area contributed by atoms with Gasteiger partial charge in [-0.25, -0.2) is 9.97 Å². The second-order valence-electron chi connectivity index (χ2n) is 12.2. The quantitative estimate of drug-likeness (QED) is 0.311. The number of nitrogens with two attached hydrogens (primary N) is 1. The molecule has 3 aromatic rings. The first-order valence-electron chi connectivity index (χ1n) is 15.3. The van der Waals surface area contributed by atoms with Crippen LogP contribution in [-0.2, 0) is 0 Å². The molecule has 1 aliphatic carbocycles. The molecule has 2 atom stereocenters. The molecule has 1 aromatic heterocycles. The number of primary amides is 1. The Morgan fingerprint density at radius 1 is 1.02 bits per heavy atom. The summed E-state index contributed by atoms with van der Waals surface area (Å²) in [6.07, 6.45) is 6.28. The lowest BCUT2D eigenvalue weighted by Gasteiger charge is -2.40. The van der Waals surface area contributed by atoms with Crippen molar-refractivity contribution in [2.24, 2.45) is 11.7 Å². The molecule has 3 fully saturated rings. The Balaban J connectivity index is 1.16. The zero-order valence-corrected chi connectivity index (χ0v) is 25.7. The number of piperazine rings is 1. The number of hydrogen-bond donors (Lipinski definition) is 2. The summed E-state index contributed by atoms with van der Waals surface area (Å²) in [6.45, 7) is 6.98. The molecule has 2 aliphatic heterocycles. The molecule has 9 nitrogen and oxygen atoms in total. The second-order valence-corrected chi connectivity index (χ2v) is 12.6. The van der Waals surface area contributed by atoms with E-state index in [1.54, 1.807) is 6.20 Å². The van der Waals surface area contributed by atoms with E-state index >= 15 is 0 Å². The standard InChI is InChI=1S/C33H40ClN7O2/c1-21-23(19-29(42)24-7-12-27(22-5-6-22)28(34)18-24)4-3-13-41(21)30-20-36-31(32(35)43)33(38-30)37-25-8-10-26(11-9-25)40-16-14-39(2)15-17-40/h7-12,18,20-23H,3-6,13-17,19H2,1-2H3,(H2,35,43)(H,37,38)/t21-,23+/m1/s1. The molecule has 0 spiro atoms. The highest BCUT2D eigenvalue weighted by Crippen LogP contribution is 2.43. The van der Waals surface area contributed by atoms with Gasteiger partial charge in [-0.3, -0.25) is 9.59 Å². The first-order chi connectivity index (χ1) is 20.8. The van der Waals surface area contributed by atoms with Gasteiger partial charge in [0.25, 0.3) is 5.91 Å². The molecule has 43 heavy (non-hydrogen) atoms. The number of carbonyl (C=O) groups is 2. The predicted molar refractivity (Wildman–Crippen MR) is 172 cm³/mol. The number of anilines is 4. The number of nitrogens with zero attached hydrogens (tertiary/aromatic N) is 5. The Bertz CT molecular complexity index is 1490. The average Bonchev–Trinajstić information content (AvgIpc) is 3.84. The Morgan fingerprint density at radius 3 is 2.44 bits per heavy atom. The lowest BCUT2D eigenvalue weighted by atomic mass is 9.85. The van der Waals surface area contributed by atoms with Gasteiger partial charge >= 0.3 is 0 Å². The summed E-state index contributed by atoms with van der Waals surface area (Å²) in [5.74, 6) is 1.15. The highest BCUT2D eigenvalue weighted by Gasteiger charge is 2.32. The number of carbonyl (C=O) groups excluding carboxylic acids is 2. The van der Waals surface area contributed by atoms with E-state index in [9.17, 15) is 9.59 Å². The van der Waals surface area contributed by atoms with Crippen LogP contribution in [0.1, 0.15) is 71.4 Å². The van der Waals surface area contributed by atoms with Crippen molar-refractivity contribution in [2.75, 3.05) is 54.9 Å². The van der Waals surface area contributed by atoms with Gasteiger partial charge < -0.3 is 25.8 Å². The molecule has 1 saturated carbocycles. The molecule has 1 amide bonds. The lowest BCUT2D eigenvalue weighted by molar-refractivity contribution is 0.0944. The fourth-order valence-corrected chi connectivity index (χ4v) is 6.68. The van der Waals surface area contributed by atoms with Crippen molar-refractivity contribution < 1.29 is 9.59 Å². The van der Waals surface area contributed by atoms with Crippen molar-refractivity contribution in [1.29, 1.82) is 0 Å². The van der Waals surface area contributed by atoms with E-state index < -0.39 is 5.91 Å². The van der Waals surface area contributed by atoms with E-state index in [0.29, 0.717) is 34.6 Å². The largest absolute Gasteiger partial charge is 0.369 e. The topological polar surface area (TPSA) is 108 Å². The number of piperidine rings is 1. The second kappa shape index (κ2) is 12.5. The molecule has 3 N–H and O–H groups in total. The van der Waals surface area contributed by atoms with Crippen LogP contribution in [0.2, 0.25) is 5.02 Å². The van der Waals surface area contributed by atoms with Crippen LogP contribution in [0, 0.1) is 5.92 Å². The van der Waals surface area contributed by atoms with E-state index in [-0.39, 0.29) is 23.4 Å². The van der Waals surface area contributed by atoms with Gasteiger partial charge in [-0.2, -0.15) is 0 Å². The van der Waals surface area contributed by atoms with Crippen LogP contribution in [0.4, 0.5) is 23.0 Å². The number of hydrogen-bond acceptors (Lipinski definition) is 8. The molecule has 3 aliphatic rings. The smallest absolute Gasteiger partial charge is 0.271 e. The summed E-state index contributed by atoms with van der Waals surface area (Å²) in [7, 11) is 2.14. The third-order valence-corrected chi connectivity index (χ3v) is 9.55. The summed E-state index contributed by atoms with van der Waals surface area (Å²) in [5.41, 5.74) is 9.56. The van der Waals surface area contributed by atoms with Crippen molar-refractivity contribution in [3.63, 3.8) is 0 Å². The summed E-state index contributed by atoms with van der Waals surface area (Å²) in [5, 5.41) is 3.98. The van der Waals surface area contributed by atoms with Crippen LogP contribution in [-0.4, -0.2) is 72.4 Å². The first-order valence-corrected chi connectivity index (χ1v) is 15.7. The molecule has 2 aromatic carbocycles. The number of ketones is 1. The molecular formula is C33H40ClN7O2. The third kappa shape index (κ3) is 6.63. The zero-order valence-electron chi connectivity index (χ0n) is 24.9. The maximum atomic E-state index is 13.3. The van der Waals surface area contributed by atoms with Gasteiger partial charge in [0.15, 0.2) is 17.3 Å². The van der Waals surface area contributed by atoms with Gasteiger partial charge in [-0.1, -0.05) is 23.7 Å². The molecule has 0 unspecified atom stereocenters. The number of rotatable bonds is 9. The zero-order chi connectivity index (χ0) is 30.1. The van der Waals surface area contributed by atoms with Gasteiger partial charge in [-0.15, -0.1) is 0 Å². The fraction of sp³-hybridized carbons (Fsp3) is 0.455. The number of aromatic nitrogens is 2. The normalized spacial score (nSPS) is 21.1. The minimum absolute atomic E-state index is 0.0587. The van der Waals surface area contributed by atoms with E-state index in [4.69, 9.17) is 22.3 Å². The number of amides is 1. The number of benzene rings is 2. The fourth-order valence-electron chi connectivity index (χ4n) is 6.34. The van der Waals surface area contributed by atoms with Gasteiger partial charge in [-0.05, 0) is 87.4 Å². The van der Waals surface area contributed by atoms with Crippen LogP contribution in [0.15, 0.2) is 48.7 Å². The Hall–Kier alpha value is -3.69. The van der Waals surface area contributed by atoms with Crippen molar-refractivity contribution >= 4 is 46.3 Å². The Morgan fingerprint density at radius 2 is 1.77 bits per heavy atom. The number of nitrogens with one attached hydrogen (secondary N) is 1. The molecule has 226 valence electrons. The number of likely N-dealkylation sites (N-methyl/N-ethyl adjacent to an activating group) is 1. The van der Waals surface area contributed by atoms with Gasteiger partial charge in [0.2, 0.25) is 0 Å². The molecule has 10 heteroatoms. The SMILES string of the molecule is C[C@@H]1[C@H](CC(=O)c2ccc(C3CC3)c(Cl)c2)CCCN1c1cnc(C(N)=O)c(Nc2ccc(N3CCN(C)CC3)cc2)n1. The maximum Gasteiger partial charge on any atom is 0.271 e. The molecule has 0 radical (unpaired) electrons. The van der Waals surface area contributed by atoms with Crippen molar-refractivity contribution in [3.05, 3.63) is 70.5 Å². The molecule has 6 rings (SSSR count). The predicted octanol–water partition coefficient (Wildman–Crippen LogP) is 5.48. The van der Waals surface area contributed by atoms with Crippen molar-refractivity contribution in [2.45, 2.75) is 51.0 Å². The minimum Gasteiger partial charge on any atom is -0.369 e. The van der Waals surface area contributed by atoms with Crippen LogP contribution in [0.5, 0.6) is 0 Å². The molecule has 3 heterocycles. The maximum absolute atomic E-state index is 13.3. The van der Waals surface area contributed by atoms with E-state index in [0.717, 1.165) is 62.5 Å². The monoisotopic (exact) mass is 601 g/mol. The summed E-state index contributed by atoms with van der Waals surface area (Å²) in [6, 6.07) is 14.0. The summed E-state index contributed by atoms with van der Waals surface area (Å²) in [4.78, 5) is 41.7. The van der Waals surface area contributed by atoms with Crippen LogP contribution >= 0.6 is 11.6 Å². The number of halogens is 1. The molecular weight excluding hydrogens is 562 g/mol. The van der Waals surface area contributed by atoms with Crippen LogP contribution in [0.3, 0.4) is 0 Å². The Kier molecular flexibility index (Phi) is 8.54. The summed E-state index contributed by atoms with van der Waals surface area (Å²) < 4.78 is 0. The highest BCUT2D eigenvalue weighted by atomic mass is 35.5.